The van der Waals surface area contributed by atoms with E-state index >= 15 is 0 Å². The monoisotopic (exact) mass is 408 g/mol. The van der Waals surface area contributed by atoms with Crippen molar-refractivity contribution in [2.24, 2.45) is 5.92 Å². The molecule has 0 radical (unpaired) electrons. The number of hydrogen-bond acceptors (Lipinski definition) is 8. The van der Waals surface area contributed by atoms with Crippen LogP contribution in [0.5, 0.6) is 11.5 Å². The highest BCUT2D eigenvalue weighted by Gasteiger charge is 2.25. The average Bonchev–Trinajstić information content (AvgIpc) is 3.60. The molecular formula is C21H24N6O3. The maximum Gasteiger partial charge on any atom is 0.246 e. The Labute approximate surface area is 174 Å². The maximum atomic E-state index is 12.3. The average molecular weight is 408 g/mol. The molecule has 4 rings (SSSR count). The van der Waals surface area contributed by atoms with Gasteiger partial charge in [0.2, 0.25) is 11.9 Å². The number of benzene rings is 1. The van der Waals surface area contributed by atoms with Crippen molar-refractivity contribution in [2.45, 2.75) is 12.8 Å². The molecule has 9 heteroatoms. The topological polar surface area (TPSA) is 118 Å². The number of amides is 1. The molecule has 2 N–H and O–H groups in total. The molecular weight excluding hydrogens is 384 g/mol. The number of anilines is 2. The first-order valence-corrected chi connectivity index (χ1v) is 9.90. The standard InChI is InChI=1S/C21H24N6O3/c1-29-16-11-14-18(15(12-22)19(16)30-2)24-21(25-20(14)23)27-9-7-26(8-10-27)17(28)6-5-13-3-4-13/h5-6,11,13H,3-4,7-10H2,1-2H3,(H2,23,24,25)/b6-5+. The van der Waals surface area contributed by atoms with E-state index in [-0.39, 0.29) is 17.3 Å². The molecule has 1 aromatic carbocycles. The van der Waals surface area contributed by atoms with E-state index in [9.17, 15) is 10.1 Å². The van der Waals surface area contributed by atoms with Gasteiger partial charge in [0.15, 0.2) is 11.5 Å². The predicted molar refractivity (Wildman–Crippen MR) is 112 cm³/mol. The van der Waals surface area contributed by atoms with E-state index in [2.05, 4.69) is 16.0 Å². The summed E-state index contributed by atoms with van der Waals surface area (Å²) in [5, 5.41) is 10.2. The first kappa shape index (κ1) is 19.8. The lowest BCUT2D eigenvalue weighted by molar-refractivity contribution is -0.126. The van der Waals surface area contributed by atoms with Gasteiger partial charge in [0.05, 0.1) is 19.7 Å². The highest BCUT2D eigenvalue weighted by molar-refractivity contribution is 5.96. The van der Waals surface area contributed by atoms with Crippen molar-refractivity contribution in [3.63, 3.8) is 0 Å². The summed E-state index contributed by atoms with van der Waals surface area (Å²) in [4.78, 5) is 25.2. The van der Waals surface area contributed by atoms with Gasteiger partial charge in [-0.1, -0.05) is 6.08 Å². The van der Waals surface area contributed by atoms with Gasteiger partial charge in [-0.3, -0.25) is 4.79 Å². The summed E-state index contributed by atoms with van der Waals surface area (Å²) < 4.78 is 10.7. The van der Waals surface area contributed by atoms with Crippen LogP contribution < -0.4 is 20.1 Å². The molecule has 1 aromatic heterocycles. The molecule has 2 aliphatic rings. The van der Waals surface area contributed by atoms with Gasteiger partial charge < -0.3 is 25.0 Å². The molecule has 2 aromatic rings. The summed E-state index contributed by atoms with van der Waals surface area (Å²) in [6.07, 6.45) is 6.06. The molecule has 0 bridgehead atoms. The second-order valence-corrected chi connectivity index (χ2v) is 7.41. The van der Waals surface area contributed by atoms with Gasteiger partial charge in [0.1, 0.15) is 17.5 Å². The van der Waals surface area contributed by atoms with Crippen LogP contribution in [-0.2, 0) is 4.79 Å². The summed E-state index contributed by atoms with van der Waals surface area (Å²) in [5.74, 6) is 2.03. The zero-order valence-electron chi connectivity index (χ0n) is 17.1. The minimum atomic E-state index is 0.0455. The Morgan fingerprint density at radius 2 is 1.97 bits per heavy atom. The zero-order valence-corrected chi connectivity index (χ0v) is 17.1. The minimum Gasteiger partial charge on any atom is -0.493 e. The lowest BCUT2D eigenvalue weighted by Gasteiger charge is -2.34. The molecule has 2 fully saturated rings. The van der Waals surface area contributed by atoms with Crippen LogP contribution in [0.3, 0.4) is 0 Å². The number of hydrogen-bond donors (Lipinski definition) is 1. The van der Waals surface area contributed by atoms with Gasteiger partial charge >= 0.3 is 0 Å². The quantitative estimate of drug-likeness (QED) is 0.743. The molecule has 0 unspecified atom stereocenters. The molecule has 30 heavy (non-hydrogen) atoms. The zero-order chi connectivity index (χ0) is 21.3. The van der Waals surface area contributed by atoms with Gasteiger partial charge in [-0.2, -0.15) is 10.2 Å². The van der Waals surface area contributed by atoms with Gasteiger partial charge in [0.25, 0.3) is 0 Å². The van der Waals surface area contributed by atoms with Crippen LogP contribution in [0.15, 0.2) is 18.2 Å². The van der Waals surface area contributed by atoms with Crippen molar-refractivity contribution in [1.29, 1.82) is 5.26 Å². The number of fused-ring (bicyclic) bond motifs is 1. The lowest BCUT2D eigenvalue weighted by Crippen LogP contribution is -2.48. The van der Waals surface area contributed by atoms with Crippen LogP contribution in [0.2, 0.25) is 0 Å². The number of allylic oxidation sites excluding steroid dienone is 1. The number of rotatable bonds is 5. The fraction of sp³-hybridized carbons (Fsp3) is 0.429. The number of carbonyl (C=O) groups excluding carboxylic acids is 1. The summed E-state index contributed by atoms with van der Waals surface area (Å²) in [7, 11) is 2.97. The van der Waals surface area contributed by atoms with E-state index in [1.807, 2.05) is 15.9 Å². The normalized spacial score (nSPS) is 16.7. The fourth-order valence-electron chi connectivity index (χ4n) is 3.57. The number of methoxy groups -OCH3 is 2. The Balaban J connectivity index is 1.59. The maximum absolute atomic E-state index is 12.3. The van der Waals surface area contributed by atoms with Crippen molar-refractivity contribution in [2.75, 3.05) is 51.0 Å². The number of carbonyl (C=O) groups is 1. The van der Waals surface area contributed by atoms with E-state index in [4.69, 9.17) is 15.2 Å². The highest BCUT2D eigenvalue weighted by Crippen LogP contribution is 2.38. The van der Waals surface area contributed by atoms with Crippen molar-refractivity contribution in [3.8, 4) is 17.6 Å². The first-order valence-electron chi connectivity index (χ1n) is 9.90. The molecule has 0 spiro atoms. The molecule has 1 aliphatic carbocycles. The van der Waals surface area contributed by atoms with Crippen LogP contribution in [0.4, 0.5) is 11.8 Å². The van der Waals surface area contributed by atoms with Crippen LogP contribution in [0.25, 0.3) is 10.9 Å². The molecule has 1 saturated heterocycles. The molecule has 1 saturated carbocycles. The third-order valence-corrected chi connectivity index (χ3v) is 5.47. The number of nitrogen functional groups attached to an aromatic ring is 1. The molecule has 1 aliphatic heterocycles. The third-order valence-electron chi connectivity index (χ3n) is 5.47. The number of nitriles is 1. The molecule has 156 valence electrons. The molecule has 0 atom stereocenters. The molecule has 1 amide bonds. The number of ether oxygens (including phenoxy) is 2. The van der Waals surface area contributed by atoms with Crippen LogP contribution >= 0.6 is 0 Å². The first-order chi connectivity index (χ1) is 14.5. The number of piperazine rings is 1. The van der Waals surface area contributed by atoms with Crippen molar-refractivity contribution in [3.05, 3.63) is 23.8 Å². The van der Waals surface area contributed by atoms with Gasteiger partial charge in [0, 0.05) is 31.6 Å². The van der Waals surface area contributed by atoms with Crippen molar-refractivity contribution < 1.29 is 14.3 Å². The Morgan fingerprint density at radius 1 is 1.23 bits per heavy atom. The van der Waals surface area contributed by atoms with Gasteiger partial charge in [-0.25, -0.2) is 4.98 Å². The van der Waals surface area contributed by atoms with Crippen molar-refractivity contribution >= 4 is 28.6 Å². The van der Waals surface area contributed by atoms with Crippen LogP contribution in [-0.4, -0.2) is 61.2 Å². The van der Waals surface area contributed by atoms with Crippen LogP contribution in [0.1, 0.15) is 18.4 Å². The Kier molecular flexibility index (Phi) is 5.31. The van der Waals surface area contributed by atoms with E-state index in [0.717, 1.165) is 0 Å². The largest absolute Gasteiger partial charge is 0.493 e. The van der Waals surface area contributed by atoms with Crippen molar-refractivity contribution in [1.82, 2.24) is 14.9 Å². The summed E-state index contributed by atoms with van der Waals surface area (Å²) in [5.41, 5.74) is 6.87. The van der Waals surface area contributed by atoms with E-state index < -0.39 is 0 Å². The van der Waals surface area contributed by atoms with Crippen LogP contribution in [0, 0.1) is 17.2 Å². The van der Waals surface area contributed by atoms with Gasteiger partial charge in [-0.05, 0) is 30.9 Å². The van der Waals surface area contributed by atoms with E-state index in [1.165, 1.54) is 27.1 Å². The second-order valence-electron chi connectivity index (χ2n) is 7.41. The summed E-state index contributed by atoms with van der Waals surface area (Å²) in [6.45, 7) is 2.32. The van der Waals surface area contributed by atoms with E-state index in [0.29, 0.717) is 60.4 Å². The Hall–Kier alpha value is -3.54. The number of nitrogens with two attached hydrogens (primary N) is 1. The Bertz CT molecular complexity index is 1050. The number of nitrogens with zero attached hydrogens (tertiary/aromatic N) is 5. The lowest BCUT2D eigenvalue weighted by atomic mass is 10.1. The highest BCUT2D eigenvalue weighted by atomic mass is 16.5. The Morgan fingerprint density at radius 3 is 2.57 bits per heavy atom. The number of aromatic nitrogens is 2. The van der Waals surface area contributed by atoms with Gasteiger partial charge in [-0.15, -0.1) is 0 Å². The summed E-state index contributed by atoms with van der Waals surface area (Å²) in [6, 6.07) is 3.82. The van der Waals surface area contributed by atoms with E-state index in [1.54, 1.807) is 12.1 Å². The smallest absolute Gasteiger partial charge is 0.246 e. The third kappa shape index (κ3) is 3.68. The molecule has 9 nitrogen and oxygen atoms in total. The summed E-state index contributed by atoms with van der Waals surface area (Å²) >= 11 is 0. The second kappa shape index (κ2) is 8.06. The predicted octanol–water partition coefficient (Wildman–Crippen LogP) is 1.72. The molecule has 2 heterocycles. The SMILES string of the molecule is COc1cc2c(N)nc(N3CCN(C(=O)/C=C/C4CC4)CC3)nc2c(C#N)c1OC. The fourth-order valence-corrected chi connectivity index (χ4v) is 3.57. The minimum absolute atomic E-state index is 0.0455.